The number of carbonyl (C=O) groups is 1. The lowest BCUT2D eigenvalue weighted by molar-refractivity contribution is -0.116. The number of rotatable bonds is 11. The summed E-state index contributed by atoms with van der Waals surface area (Å²) in [6, 6.07) is 13.0. The minimum absolute atomic E-state index is 0.103. The molecule has 31 heavy (non-hydrogen) atoms. The number of nitrogens with one attached hydrogen (secondary N) is 1. The average molecular weight is 443 g/mol. The van der Waals surface area contributed by atoms with Gasteiger partial charge in [0.1, 0.15) is 23.0 Å². The van der Waals surface area contributed by atoms with E-state index >= 15 is 0 Å². The number of amides is 1. The maximum absolute atomic E-state index is 12.2. The molecule has 7 nitrogen and oxygen atoms in total. The zero-order valence-corrected chi connectivity index (χ0v) is 18.7. The topological polar surface area (TPSA) is 78.9 Å². The molecule has 1 aromatic heterocycles. The molecule has 3 rings (SSSR count). The van der Waals surface area contributed by atoms with Gasteiger partial charge in [-0.05, 0) is 55.8 Å². The van der Waals surface area contributed by atoms with Crippen molar-refractivity contribution in [2.45, 2.75) is 19.8 Å². The van der Waals surface area contributed by atoms with E-state index in [0.29, 0.717) is 42.7 Å². The maximum Gasteiger partial charge on any atom is 0.226 e. The Bertz CT molecular complexity index is 988. The van der Waals surface area contributed by atoms with E-state index < -0.39 is 0 Å². The number of nitrogens with zero attached hydrogens (tertiary/aromatic N) is 1. The van der Waals surface area contributed by atoms with Crippen molar-refractivity contribution >= 4 is 22.4 Å². The number of carbonyl (C=O) groups excluding carboxylic acids is 1. The third-order valence-electron chi connectivity index (χ3n) is 4.38. The summed E-state index contributed by atoms with van der Waals surface area (Å²) in [5, 5.41) is 5.26. The number of hydrogen-bond donors (Lipinski definition) is 1. The van der Waals surface area contributed by atoms with E-state index in [1.807, 2.05) is 54.8 Å². The van der Waals surface area contributed by atoms with Gasteiger partial charge in [0, 0.05) is 17.4 Å². The minimum Gasteiger partial charge on any atom is -0.497 e. The van der Waals surface area contributed by atoms with Crippen molar-refractivity contribution < 1.29 is 23.7 Å². The molecule has 0 saturated heterocycles. The Hall–Kier alpha value is -3.26. The van der Waals surface area contributed by atoms with E-state index in [9.17, 15) is 4.79 Å². The molecule has 0 unspecified atom stereocenters. The lowest BCUT2D eigenvalue weighted by Crippen LogP contribution is -2.12. The first kappa shape index (κ1) is 22.4. The van der Waals surface area contributed by atoms with Crippen LogP contribution >= 0.6 is 11.3 Å². The van der Waals surface area contributed by atoms with Crippen molar-refractivity contribution in [2.24, 2.45) is 0 Å². The Labute approximate surface area is 185 Å². The zero-order valence-electron chi connectivity index (χ0n) is 17.8. The van der Waals surface area contributed by atoms with E-state index in [0.717, 1.165) is 22.8 Å². The zero-order chi connectivity index (χ0) is 22.1. The summed E-state index contributed by atoms with van der Waals surface area (Å²) in [6.45, 7) is 3.02. The molecule has 0 spiro atoms. The Morgan fingerprint density at radius 3 is 2.39 bits per heavy atom. The Morgan fingerprint density at radius 1 is 1.00 bits per heavy atom. The first-order chi connectivity index (χ1) is 15.1. The van der Waals surface area contributed by atoms with Gasteiger partial charge in [0.2, 0.25) is 5.91 Å². The van der Waals surface area contributed by atoms with Crippen LogP contribution in [0.5, 0.6) is 23.0 Å². The number of methoxy groups -OCH3 is 2. The Kier molecular flexibility index (Phi) is 8.12. The van der Waals surface area contributed by atoms with Gasteiger partial charge in [-0.25, -0.2) is 4.98 Å². The second kappa shape index (κ2) is 11.2. The van der Waals surface area contributed by atoms with Gasteiger partial charge in [0.15, 0.2) is 5.13 Å². The number of benzene rings is 2. The van der Waals surface area contributed by atoms with Crippen LogP contribution in [0.15, 0.2) is 47.8 Å². The molecule has 0 radical (unpaired) electrons. The van der Waals surface area contributed by atoms with Crippen LogP contribution in [-0.2, 0) is 4.79 Å². The van der Waals surface area contributed by atoms with Crippen LogP contribution < -0.4 is 24.3 Å². The molecule has 0 aliphatic rings. The Balaban J connectivity index is 1.48. The lowest BCUT2D eigenvalue weighted by Gasteiger charge is -2.08. The fourth-order valence-electron chi connectivity index (χ4n) is 2.87. The highest BCUT2D eigenvalue weighted by atomic mass is 32.1. The van der Waals surface area contributed by atoms with E-state index in [-0.39, 0.29) is 5.91 Å². The summed E-state index contributed by atoms with van der Waals surface area (Å²) in [7, 11) is 3.22. The van der Waals surface area contributed by atoms with E-state index in [1.165, 1.54) is 11.3 Å². The molecule has 0 aliphatic heterocycles. The molecule has 2 aromatic carbocycles. The van der Waals surface area contributed by atoms with Gasteiger partial charge in [0.05, 0.1) is 33.1 Å². The summed E-state index contributed by atoms with van der Waals surface area (Å²) in [5.41, 5.74) is 1.53. The second-order valence-corrected chi connectivity index (χ2v) is 7.37. The van der Waals surface area contributed by atoms with Crippen LogP contribution in [-0.4, -0.2) is 38.3 Å². The van der Waals surface area contributed by atoms with Crippen LogP contribution in [0.4, 0.5) is 5.13 Å². The minimum atomic E-state index is -0.103. The molecule has 0 fully saturated rings. The van der Waals surface area contributed by atoms with Gasteiger partial charge in [0.25, 0.3) is 0 Å². The lowest BCUT2D eigenvalue weighted by atomic mass is 10.1. The third kappa shape index (κ3) is 6.36. The van der Waals surface area contributed by atoms with Crippen molar-refractivity contribution in [3.63, 3.8) is 0 Å². The van der Waals surface area contributed by atoms with Gasteiger partial charge in [-0.2, -0.15) is 0 Å². The number of ether oxygens (including phenoxy) is 4. The highest BCUT2D eigenvalue weighted by Gasteiger charge is 2.13. The van der Waals surface area contributed by atoms with Gasteiger partial charge >= 0.3 is 0 Å². The summed E-state index contributed by atoms with van der Waals surface area (Å²) >= 11 is 1.36. The average Bonchev–Trinajstić information content (AvgIpc) is 3.25. The predicted octanol–water partition coefficient (Wildman–Crippen LogP) is 5.02. The van der Waals surface area contributed by atoms with Crippen LogP contribution in [0.3, 0.4) is 0 Å². The molecule has 3 aromatic rings. The summed E-state index contributed by atoms with van der Waals surface area (Å²) in [5.74, 6) is 2.86. The first-order valence-electron chi connectivity index (χ1n) is 9.96. The standard InChI is InChI=1S/C23H26N2O5S/c1-4-29-16-7-9-17(10-8-16)30-13-5-6-22(26)25-23-24-20(15-31-23)19-14-18(27-2)11-12-21(19)28-3/h7-12,14-15H,4-6,13H2,1-3H3,(H,24,25,26). The van der Waals surface area contributed by atoms with Gasteiger partial charge < -0.3 is 24.3 Å². The molecule has 0 saturated carbocycles. The number of thiazole rings is 1. The van der Waals surface area contributed by atoms with E-state index in [4.69, 9.17) is 18.9 Å². The van der Waals surface area contributed by atoms with E-state index in [1.54, 1.807) is 14.2 Å². The molecule has 8 heteroatoms. The van der Waals surface area contributed by atoms with Crippen LogP contribution in [0.25, 0.3) is 11.3 Å². The van der Waals surface area contributed by atoms with Crippen LogP contribution in [0.2, 0.25) is 0 Å². The normalized spacial score (nSPS) is 10.4. The van der Waals surface area contributed by atoms with Gasteiger partial charge in [-0.15, -0.1) is 11.3 Å². The first-order valence-corrected chi connectivity index (χ1v) is 10.8. The number of anilines is 1. The number of hydrogen-bond acceptors (Lipinski definition) is 7. The molecule has 1 heterocycles. The molecule has 1 amide bonds. The monoisotopic (exact) mass is 442 g/mol. The largest absolute Gasteiger partial charge is 0.497 e. The molecule has 0 atom stereocenters. The van der Waals surface area contributed by atoms with Crippen LogP contribution in [0.1, 0.15) is 19.8 Å². The maximum atomic E-state index is 12.2. The fraction of sp³-hybridized carbons (Fsp3) is 0.304. The second-order valence-electron chi connectivity index (χ2n) is 6.51. The van der Waals surface area contributed by atoms with Gasteiger partial charge in [-0.1, -0.05) is 0 Å². The Morgan fingerprint density at radius 2 is 1.71 bits per heavy atom. The molecule has 0 bridgehead atoms. The highest BCUT2D eigenvalue weighted by Crippen LogP contribution is 2.35. The molecule has 1 N–H and O–H groups in total. The van der Waals surface area contributed by atoms with Gasteiger partial charge in [-0.3, -0.25) is 4.79 Å². The molecule has 0 aliphatic carbocycles. The van der Waals surface area contributed by atoms with Crippen molar-refractivity contribution in [1.82, 2.24) is 4.98 Å². The molecular weight excluding hydrogens is 416 g/mol. The SMILES string of the molecule is CCOc1ccc(OCCCC(=O)Nc2nc(-c3cc(OC)ccc3OC)cs2)cc1. The summed E-state index contributed by atoms with van der Waals surface area (Å²) < 4.78 is 21.8. The highest BCUT2D eigenvalue weighted by molar-refractivity contribution is 7.14. The summed E-state index contributed by atoms with van der Waals surface area (Å²) in [6.07, 6.45) is 0.940. The van der Waals surface area contributed by atoms with Crippen molar-refractivity contribution in [1.29, 1.82) is 0 Å². The van der Waals surface area contributed by atoms with Crippen molar-refractivity contribution in [3.05, 3.63) is 47.8 Å². The van der Waals surface area contributed by atoms with Crippen LogP contribution in [0, 0.1) is 0 Å². The number of aromatic nitrogens is 1. The third-order valence-corrected chi connectivity index (χ3v) is 5.14. The molecule has 164 valence electrons. The van der Waals surface area contributed by atoms with Crippen molar-refractivity contribution in [2.75, 3.05) is 32.8 Å². The molecular formula is C23H26N2O5S. The quantitative estimate of drug-likeness (QED) is 0.420. The smallest absolute Gasteiger partial charge is 0.226 e. The van der Waals surface area contributed by atoms with E-state index in [2.05, 4.69) is 10.3 Å². The predicted molar refractivity (Wildman–Crippen MR) is 122 cm³/mol. The fourth-order valence-corrected chi connectivity index (χ4v) is 3.60. The summed E-state index contributed by atoms with van der Waals surface area (Å²) in [4.78, 5) is 16.8. The van der Waals surface area contributed by atoms with Crippen molar-refractivity contribution in [3.8, 4) is 34.3 Å².